The van der Waals surface area contributed by atoms with Crippen molar-refractivity contribution < 1.29 is 9.59 Å². The molecule has 0 saturated heterocycles. The van der Waals surface area contributed by atoms with Crippen molar-refractivity contribution in [2.24, 2.45) is 0 Å². The zero-order valence-corrected chi connectivity index (χ0v) is 12.8. The molecule has 4 nitrogen and oxygen atoms in total. The van der Waals surface area contributed by atoms with Crippen LogP contribution < -0.4 is 0 Å². The summed E-state index contributed by atoms with van der Waals surface area (Å²) in [7, 11) is 4.94. The zero-order valence-electron chi connectivity index (χ0n) is 11.3. The summed E-state index contributed by atoms with van der Waals surface area (Å²) < 4.78 is 0.957. The van der Waals surface area contributed by atoms with Gasteiger partial charge in [0.1, 0.15) is 0 Å². The van der Waals surface area contributed by atoms with Gasteiger partial charge in [-0.25, -0.2) is 0 Å². The van der Waals surface area contributed by atoms with Crippen LogP contribution in [0.2, 0.25) is 0 Å². The van der Waals surface area contributed by atoms with Crippen LogP contribution in [0.25, 0.3) is 6.08 Å². The Labute approximate surface area is 121 Å². The lowest BCUT2D eigenvalue weighted by molar-refractivity contribution is -0.135. The van der Waals surface area contributed by atoms with E-state index in [2.05, 4.69) is 15.9 Å². The first-order valence-corrected chi connectivity index (χ1v) is 6.58. The largest absolute Gasteiger partial charge is 0.347 e. The lowest BCUT2D eigenvalue weighted by Gasteiger charge is -2.17. The standard InChI is InChI=1S/C14H17BrN2O2/c1-16(2)14(19)10-17(3)13(18)8-7-11-5-4-6-12(15)9-11/h4-9H,10H2,1-3H3/b8-7+. The molecule has 0 bridgehead atoms. The Hall–Kier alpha value is -1.62. The predicted octanol–water partition coefficient (Wildman–Crippen LogP) is 2.01. The van der Waals surface area contributed by atoms with Crippen molar-refractivity contribution in [2.75, 3.05) is 27.7 Å². The first-order valence-electron chi connectivity index (χ1n) is 5.79. The topological polar surface area (TPSA) is 40.6 Å². The normalized spacial score (nSPS) is 10.5. The van der Waals surface area contributed by atoms with Crippen molar-refractivity contribution in [3.05, 3.63) is 40.4 Å². The summed E-state index contributed by atoms with van der Waals surface area (Å²) in [6.45, 7) is 0.0780. The Morgan fingerprint density at radius 3 is 2.53 bits per heavy atom. The molecule has 0 spiro atoms. The molecule has 0 aliphatic heterocycles. The average Bonchev–Trinajstić information content (AvgIpc) is 2.35. The molecule has 0 unspecified atom stereocenters. The second-order valence-corrected chi connectivity index (χ2v) is 5.29. The van der Waals surface area contributed by atoms with Crippen molar-refractivity contribution in [3.63, 3.8) is 0 Å². The Balaban J connectivity index is 2.61. The summed E-state index contributed by atoms with van der Waals surface area (Å²) in [5, 5.41) is 0. The number of hydrogen-bond donors (Lipinski definition) is 0. The molecule has 1 aromatic carbocycles. The zero-order chi connectivity index (χ0) is 14.4. The molecule has 0 fully saturated rings. The van der Waals surface area contributed by atoms with E-state index in [1.807, 2.05) is 24.3 Å². The maximum atomic E-state index is 11.8. The Morgan fingerprint density at radius 1 is 1.26 bits per heavy atom. The van der Waals surface area contributed by atoms with Crippen molar-refractivity contribution in [3.8, 4) is 0 Å². The van der Waals surface area contributed by atoms with Crippen LogP contribution in [-0.2, 0) is 9.59 Å². The average molecular weight is 325 g/mol. The molecule has 0 aromatic heterocycles. The van der Waals surface area contributed by atoms with E-state index in [-0.39, 0.29) is 18.4 Å². The van der Waals surface area contributed by atoms with Crippen LogP contribution >= 0.6 is 15.9 Å². The molecule has 1 aromatic rings. The Kier molecular flexibility index (Phi) is 5.76. The van der Waals surface area contributed by atoms with Crippen molar-refractivity contribution in [1.29, 1.82) is 0 Å². The van der Waals surface area contributed by atoms with E-state index in [0.717, 1.165) is 10.0 Å². The lowest BCUT2D eigenvalue weighted by atomic mass is 10.2. The molecular weight excluding hydrogens is 308 g/mol. The summed E-state index contributed by atoms with van der Waals surface area (Å²) in [5.41, 5.74) is 0.926. The molecule has 0 aliphatic carbocycles. The van der Waals surface area contributed by atoms with Crippen molar-refractivity contribution in [2.45, 2.75) is 0 Å². The number of rotatable bonds is 4. The number of carbonyl (C=O) groups excluding carboxylic acids is 2. The third kappa shape index (κ3) is 5.26. The first-order chi connectivity index (χ1) is 8.90. The van der Waals surface area contributed by atoms with Crippen molar-refractivity contribution in [1.82, 2.24) is 9.80 Å². The van der Waals surface area contributed by atoms with Gasteiger partial charge in [-0.2, -0.15) is 0 Å². The fraction of sp³-hybridized carbons (Fsp3) is 0.286. The summed E-state index contributed by atoms with van der Waals surface area (Å²) in [4.78, 5) is 26.1. The fourth-order valence-electron chi connectivity index (χ4n) is 1.33. The van der Waals surface area contributed by atoms with Gasteiger partial charge in [0.25, 0.3) is 0 Å². The second-order valence-electron chi connectivity index (χ2n) is 4.37. The smallest absolute Gasteiger partial charge is 0.246 e. The number of amides is 2. The van der Waals surface area contributed by atoms with E-state index >= 15 is 0 Å². The lowest BCUT2D eigenvalue weighted by Crippen LogP contribution is -2.36. The molecule has 0 heterocycles. The Morgan fingerprint density at radius 2 is 1.95 bits per heavy atom. The maximum Gasteiger partial charge on any atom is 0.246 e. The van der Waals surface area contributed by atoms with Crippen molar-refractivity contribution >= 4 is 33.8 Å². The molecule has 5 heteroatoms. The quantitative estimate of drug-likeness (QED) is 0.795. The molecule has 0 aliphatic rings. The van der Waals surface area contributed by atoms with E-state index in [1.54, 1.807) is 27.2 Å². The summed E-state index contributed by atoms with van der Waals surface area (Å²) >= 11 is 3.37. The monoisotopic (exact) mass is 324 g/mol. The van der Waals surface area contributed by atoms with Gasteiger partial charge in [0.2, 0.25) is 11.8 Å². The molecular formula is C14H17BrN2O2. The highest BCUT2D eigenvalue weighted by Crippen LogP contribution is 2.12. The second kappa shape index (κ2) is 7.09. The van der Waals surface area contributed by atoms with Crippen LogP contribution in [0.3, 0.4) is 0 Å². The minimum Gasteiger partial charge on any atom is -0.347 e. The van der Waals surface area contributed by atoms with Crippen LogP contribution in [0.1, 0.15) is 5.56 Å². The van der Waals surface area contributed by atoms with Gasteiger partial charge in [-0.05, 0) is 23.8 Å². The first kappa shape index (κ1) is 15.4. The maximum absolute atomic E-state index is 11.8. The molecule has 2 amide bonds. The molecule has 0 saturated carbocycles. The highest BCUT2D eigenvalue weighted by Gasteiger charge is 2.11. The molecule has 19 heavy (non-hydrogen) atoms. The van der Waals surface area contributed by atoms with E-state index in [4.69, 9.17) is 0 Å². The van der Waals surface area contributed by atoms with Gasteiger partial charge < -0.3 is 9.80 Å². The molecule has 0 radical (unpaired) electrons. The number of carbonyl (C=O) groups is 2. The highest BCUT2D eigenvalue weighted by atomic mass is 79.9. The molecule has 102 valence electrons. The number of likely N-dealkylation sites (N-methyl/N-ethyl adjacent to an activating group) is 2. The number of nitrogens with zero attached hydrogens (tertiary/aromatic N) is 2. The van der Waals surface area contributed by atoms with Gasteiger partial charge >= 0.3 is 0 Å². The third-order valence-electron chi connectivity index (χ3n) is 2.51. The van der Waals surface area contributed by atoms with Crippen LogP contribution in [0.15, 0.2) is 34.8 Å². The highest BCUT2D eigenvalue weighted by molar-refractivity contribution is 9.10. The van der Waals surface area contributed by atoms with E-state index < -0.39 is 0 Å². The van der Waals surface area contributed by atoms with Crippen LogP contribution in [-0.4, -0.2) is 49.3 Å². The van der Waals surface area contributed by atoms with E-state index in [1.165, 1.54) is 15.9 Å². The summed E-state index contributed by atoms with van der Waals surface area (Å²) in [5.74, 6) is -0.304. The number of halogens is 1. The molecule has 0 N–H and O–H groups in total. The van der Waals surface area contributed by atoms with Gasteiger partial charge in [-0.15, -0.1) is 0 Å². The fourth-order valence-corrected chi connectivity index (χ4v) is 1.74. The van der Waals surface area contributed by atoms with Crippen LogP contribution in [0, 0.1) is 0 Å². The predicted molar refractivity (Wildman–Crippen MR) is 79.5 cm³/mol. The summed E-state index contributed by atoms with van der Waals surface area (Å²) in [6.07, 6.45) is 3.19. The molecule has 0 atom stereocenters. The van der Waals surface area contributed by atoms with Gasteiger partial charge in [0.15, 0.2) is 0 Å². The third-order valence-corrected chi connectivity index (χ3v) is 3.01. The van der Waals surface area contributed by atoms with Crippen LogP contribution in [0.4, 0.5) is 0 Å². The van der Waals surface area contributed by atoms with Gasteiger partial charge in [0.05, 0.1) is 6.54 Å². The van der Waals surface area contributed by atoms with Crippen LogP contribution in [0.5, 0.6) is 0 Å². The molecule has 1 rings (SSSR count). The Bertz CT molecular complexity index is 498. The minimum atomic E-state index is -0.199. The summed E-state index contributed by atoms with van der Waals surface area (Å²) in [6, 6.07) is 7.63. The van der Waals surface area contributed by atoms with E-state index in [0.29, 0.717) is 0 Å². The van der Waals surface area contributed by atoms with E-state index in [9.17, 15) is 9.59 Å². The van der Waals surface area contributed by atoms with Gasteiger partial charge in [0, 0.05) is 31.7 Å². The van der Waals surface area contributed by atoms with Gasteiger partial charge in [-0.3, -0.25) is 9.59 Å². The minimum absolute atomic E-state index is 0.0780. The van der Waals surface area contributed by atoms with Gasteiger partial charge in [-0.1, -0.05) is 28.1 Å². The number of hydrogen-bond acceptors (Lipinski definition) is 2. The number of benzene rings is 1. The SMILES string of the molecule is CN(C)C(=O)CN(C)C(=O)/C=C/c1cccc(Br)c1.